The number of benzene rings is 1. The first kappa shape index (κ1) is 16.8. The Hall–Kier alpha value is -2.28. The number of hydrogen-bond donors (Lipinski definition) is 1. The fourth-order valence-electron chi connectivity index (χ4n) is 2.09. The summed E-state index contributed by atoms with van der Waals surface area (Å²) in [4.78, 5) is 24.7. The molecule has 0 unspecified atom stereocenters. The Morgan fingerprint density at radius 1 is 1.24 bits per heavy atom. The van der Waals surface area contributed by atoms with Gasteiger partial charge in [0.15, 0.2) is 0 Å². The van der Waals surface area contributed by atoms with E-state index in [1.165, 1.54) is 0 Å². The number of carbonyl (C=O) groups is 2. The third-order valence-corrected chi connectivity index (χ3v) is 3.22. The lowest BCUT2D eigenvalue weighted by atomic mass is 10.1. The smallest absolute Gasteiger partial charge is 0.305 e. The summed E-state index contributed by atoms with van der Waals surface area (Å²) in [6.07, 6.45) is 7.69. The number of para-hydroxylation sites is 1. The Kier molecular flexibility index (Phi) is 7.03. The van der Waals surface area contributed by atoms with Crippen molar-refractivity contribution in [3.63, 3.8) is 0 Å². The normalized spacial score (nSPS) is 9.90. The van der Waals surface area contributed by atoms with Gasteiger partial charge in [0.2, 0.25) is 5.91 Å². The van der Waals surface area contributed by atoms with E-state index < -0.39 is 5.97 Å². The molecule has 0 spiro atoms. The minimum atomic E-state index is -0.909. The van der Waals surface area contributed by atoms with Crippen LogP contribution in [0.2, 0.25) is 0 Å². The molecule has 0 atom stereocenters. The predicted octanol–water partition coefficient (Wildman–Crippen LogP) is 3.00. The molecule has 112 valence electrons. The first-order valence-electron chi connectivity index (χ1n) is 7.07. The van der Waals surface area contributed by atoms with E-state index in [1.807, 2.05) is 31.2 Å². The van der Waals surface area contributed by atoms with Gasteiger partial charge in [0.25, 0.3) is 0 Å². The Labute approximate surface area is 125 Å². The van der Waals surface area contributed by atoms with Crippen LogP contribution in [-0.4, -0.2) is 23.5 Å². The quantitative estimate of drug-likeness (QED) is 0.590. The van der Waals surface area contributed by atoms with Crippen LogP contribution in [0, 0.1) is 19.3 Å². The predicted molar refractivity (Wildman–Crippen MR) is 83.1 cm³/mol. The van der Waals surface area contributed by atoms with Crippen molar-refractivity contribution in [3.8, 4) is 12.3 Å². The highest BCUT2D eigenvalue weighted by atomic mass is 16.4. The highest BCUT2D eigenvalue weighted by molar-refractivity contribution is 5.94. The molecule has 1 aromatic carbocycles. The average molecular weight is 287 g/mol. The van der Waals surface area contributed by atoms with Crippen LogP contribution in [0.3, 0.4) is 0 Å². The van der Waals surface area contributed by atoms with E-state index in [1.54, 1.807) is 4.90 Å². The molecule has 1 rings (SSSR count). The topological polar surface area (TPSA) is 57.6 Å². The molecule has 21 heavy (non-hydrogen) atoms. The Morgan fingerprint density at radius 2 is 1.95 bits per heavy atom. The van der Waals surface area contributed by atoms with Gasteiger partial charge in [-0.15, -0.1) is 12.3 Å². The lowest BCUT2D eigenvalue weighted by molar-refractivity contribution is -0.136. The van der Waals surface area contributed by atoms with Crippen molar-refractivity contribution in [2.45, 2.75) is 39.0 Å². The van der Waals surface area contributed by atoms with Crippen LogP contribution < -0.4 is 4.90 Å². The molecule has 0 aliphatic heterocycles. The number of unbranched alkanes of at least 4 members (excludes halogenated alkanes) is 2. The van der Waals surface area contributed by atoms with Gasteiger partial charge >= 0.3 is 5.97 Å². The maximum atomic E-state index is 12.4. The second-order valence-electron chi connectivity index (χ2n) is 4.89. The summed E-state index contributed by atoms with van der Waals surface area (Å²) in [5, 5.41) is 8.85. The van der Waals surface area contributed by atoms with Gasteiger partial charge in [-0.05, 0) is 31.4 Å². The summed E-state index contributed by atoms with van der Waals surface area (Å²) in [5.41, 5.74) is 1.74. The van der Waals surface area contributed by atoms with E-state index in [0.717, 1.165) is 24.1 Å². The van der Waals surface area contributed by atoms with Gasteiger partial charge in [-0.2, -0.15) is 0 Å². The molecule has 1 amide bonds. The summed E-state index contributed by atoms with van der Waals surface area (Å²) in [7, 11) is 0. The molecule has 4 heteroatoms. The molecule has 0 aliphatic rings. The zero-order valence-electron chi connectivity index (χ0n) is 12.3. The number of amides is 1. The number of nitrogens with zero attached hydrogens (tertiary/aromatic N) is 1. The molecule has 0 saturated heterocycles. The molecular weight excluding hydrogens is 266 g/mol. The van der Waals surface area contributed by atoms with Crippen LogP contribution in [0.4, 0.5) is 5.69 Å². The molecule has 0 aromatic heterocycles. The van der Waals surface area contributed by atoms with E-state index >= 15 is 0 Å². The third-order valence-electron chi connectivity index (χ3n) is 3.22. The van der Waals surface area contributed by atoms with E-state index in [2.05, 4.69) is 5.92 Å². The Morgan fingerprint density at radius 3 is 2.57 bits per heavy atom. The second kappa shape index (κ2) is 8.80. The molecule has 0 radical (unpaired) electrons. The van der Waals surface area contributed by atoms with E-state index in [0.29, 0.717) is 12.8 Å². The molecule has 1 N–H and O–H groups in total. The summed E-state index contributed by atoms with van der Waals surface area (Å²) >= 11 is 0. The highest BCUT2D eigenvalue weighted by Crippen LogP contribution is 2.21. The zero-order chi connectivity index (χ0) is 15.7. The number of aliphatic carboxylic acids is 1. The maximum absolute atomic E-state index is 12.4. The van der Waals surface area contributed by atoms with Gasteiger partial charge in [0, 0.05) is 25.1 Å². The number of terminal acetylenes is 1. The number of aryl methyl sites for hydroxylation is 1. The van der Waals surface area contributed by atoms with Gasteiger partial charge in [-0.1, -0.05) is 18.2 Å². The minimum absolute atomic E-state index is 0.0532. The van der Waals surface area contributed by atoms with Gasteiger partial charge in [0.05, 0.1) is 6.42 Å². The fourth-order valence-corrected chi connectivity index (χ4v) is 2.09. The van der Waals surface area contributed by atoms with E-state index in [9.17, 15) is 9.59 Å². The fraction of sp³-hybridized carbons (Fsp3) is 0.412. The summed E-state index contributed by atoms with van der Waals surface area (Å²) in [6.45, 7) is 2.10. The van der Waals surface area contributed by atoms with Gasteiger partial charge in [0.1, 0.15) is 0 Å². The van der Waals surface area contributed by atoms with E-state index in [4.69, 9.17) is 11.5 Å². The molecule has 0 fully saturated rings. The van der Waals surface area contributed by atoms with Crippen molar-refractivity contribution in [2.75, 3.05) is 11.4 Å². The lowest BCUT2D eigenvalue weighted by Gasteiger charge is -2.24. The van der Waals surface area contributed by atoms with Crippen molar-refractivity contribution in [3.05, 3.63) is 29.8 Å². The largest absolute Gasteiger partial charge is 0.481 e. The number of rotatable bonds is 8. The van der Waals surface area contributed by atoms with E-state index in [-0.39, 0.29) is 18.9 Å². The van der Waals surface area contributed by atoms with Crippen molar-refractivity contribution in [2.24, 2.45) is 0 Å². The molecule has 4 nitrogen and oxygen atoms in total. The Balaban J connectivity index is 2.77. The first-order valence-corrected chi connectivity index (χ1v) is 7.07. The second-order valence-corrected chi connectivity index (χ2v) is 4.89. The third kappa shape index (κ3) is 5.70. The van der Waals surface area contributed by atoms with Crippen LogP contribution in [0.1, 0.15) is 37.7 Å². The molecule has 1 aromatic rings. The molecular formula is C17H21NO3. The number of carboxylic acid groups (broad SMARTS) is 1. The van der Waals surface area contributed by atoms with Crippen LogP contribution in [0.25, 0.3) is 0 Å². The number of anilines is 1. The lowest BCUT2D eigenvalue weighted by Crippen LogP contribution is -2.33. The van der Waals surface area contributed by atoms with Crippen LogP contribution >= 0.6 is 0 Å². The first-order chi connectivity index (χ1) is 10.1. The van der Waals surface area contributed by atoms with Crippen molar-refractivity contribution in [1.82, 2.24) is 0 Å². The minimum Gasteiger partial charge on any atom is -0.481 e. The number of hydrogen-bond acceptors (Lipinski definition) is 2. The SMILES string of the molecule is C#CCCCCC(=O)N(CCC(=O)O)c1ccccc1C. The highest BCUT2D eigenvalue weighted by Gasteiger charge is 2.17. The van der Waals surface area contributed by atoms with Gasteiger partial charge in [-0.3, -0.25) is 9.59 Å². The molecule has 0 heterocycles. The van der Waals surface area contributed by atoms with Crippen LogP contribution in [-0.2, 0) is 9.59 Å². The molecule has 0 aliphatic carbocycles. The summed E-state index contributed by atoms with van der Waals surface area (Å²) in [5.74, 6) is 1.59. The summed E-state index contributed by atoms with van der Waals surface area (Å²) in [6, 6.07) is 7.50. The van der Waals surface area contributed by atoms with Crippen LogP contribution in [0.5, 0.6) is 0 Å². The number of carbonyl (C=O) groups excluding carboxylic acids is 1. The van der Waals surface area contributed by atoms with Crippen molar-refractivity contribution < 1.29 is 14.7 Å². The standard InChI is InChI=1S/C17H21NO3/c1-3-4-5-6-11-16(19)18(13-12-17(20)21)15-10-8-7-9-14(15)2/h1,7-10H,4-6,11-13H2,2H3,(H,20,21). The van der Waals surface area contributed by atoms with Gasteiger partial charge in [-0.25, -0.2) is 0 Å². The van der Waals surface area contributed by atoms with Gasteiger partial charge < -0.3 is 10.0 Å². The monoisotopic (exact) mass is 287 g/mol. The zero-order valence-corrected chi connectivity index (χ0v) is 12.3. The maximum Gasteiger partial charge on any atom is 0.305 e. The average Bonchev–Trinajstić information content (AvgIpc) is 2.45. The van der Waals surface area contributed by atoms with Crippen molar-refractivity contribution >= 4 is 17.6 Å². The van der Waals surface area contributed by atoms with Crippen molar-refractivity contribution in [1.29, 1.82) is 0 Å². The summed E-state index contributed by atoms with van der Waals surface area (Å²) < 4.78 is 0. The number of carboxylic acids is 1. The molecule has 0 bridgehead atoms. The van der Waals surface area contributed by atoms with Crippen LogP contribution in [0.15, 0.2) is 24.3 Å². The Bertz CT molecular complexity index is 531. The molecule has 0 saturated carbocycles.